The minimum absolute atomic E-state index is 0.246. The zero-order chi connectivity index (χ0) is 13.4. The molecule has 9 heteroatoms. The lowest BCUT2D eigenvalue weighted by Gasteiger charge is -2.43. The Balaban J connectivity index is 3.14. The SMILES string of the molecule is CC1CCCC(C)N1C(P(=O)(O)O)P(=O)(O)O. The highest BCUT2D eigenvalue weighted by Gasteiger charge is 2.51. The van der Waals surface area contributed by atoms with Crippen LogP contribution in [0, 0.1) is 0 Å². The van der Waals surface area contributed by atoms with Gasteiger partial charge in [-0.2, -0.15) is 0 Å². The number of rotatable bonds is 3. The summed E-state index contributed by atoms with van der Waals surface area (Å²) in [5.41, 5.74) is -2.01. The molecule has 0 aromatic rings. The van der Waals surface area contributed by atoms with E-state index in [0.29, 0.717) is 12.8 Å². The monoisotopic (exact) mass is 287 g/mol. The number of hydrogen-bond acceptors (Lipinski definition) is 3. The number of likely N-dealkylation sites (tertiary alicyclic amines) is 1. The van der Waals surface area contributed by atoms with E-state index in [1.807, 2.05) is 0 Å². The molecule has 4 N–H and O–H groups in total. The van der Waals surface area contributed by atoms with Crippen molar-refractivity contribution in [2.45, 2.75) is 50.7 Å². The molecule has 1 fully saturated rings. The summed E-state index contributed by atoms with van der Waals surface area (Å²) in [6.07, 6.45) is 2.26. The van der Waals surface area contributed by atoms with Gasteiger partial charge in [0.05, 0.1) is 0 Å². The van der Waals surface area contributed by atoms with Gasteiger partial charge in [-0.15, -0.1) is 0 Å². The highest BCUT2D eigenvalue weighted by molar-refractivity contribution is 7.70. The zero-order valence-electron chi connectivity index (χ0n) is 9.80. The van der Waals surface area contributed by atoms with E-state index >= 15 is 0 Å². The Morgan fingerprint density at radius 2 is 1.35 bits per heavy atom. The van der Waals surface area contributed by atoms with Crippen LogP contribution in [-0.2, 0) is 9.13 Å². The van der Waals surface area contributed by atoms with Gasteiger partial charge in [0.15, 0.2) is 0 Å². The summed E-state index contributed by atoms with van der Waals surface area (Å²) in [7, 11) is -9.76. The Morgan fingerprint density at radius 3 is 1.65 bits per heavy atom. The lowest BCUT2D eigenvalue weighted by atomic mass is 9.99. The Hall–Kier alpha value is 0.260. The molecule has 0 radical (unpaired) electrons. The molecule has 0 aromatic carbocycles. The van der Waals surface area contributed by atoms with Crippen LogP contribution in [0.25, 0.3) is 0 Å². The molecule has 1 saturated heterocycles. The molecule has 0 amide bonds. The minimum atomic E-state index is -4.88. The van der Waals surface area contributed by atoms with Gasteiger partial charge < -0.3 is 19.6 Å². The molecule has 0 spiro atoms. The van der Waals surface area contributed by atoms with Crippen molar-refractivity contribution >= 4 is 15.2 Å². The fourth-order valence-electron chi connectivity index (χ4n) is 2.44. The average Bonchev–Trinajstić information content (AvgIpc) is 2.06. The van der Waals surface area contributed by atoms with Gasteiger partial charge >= 0.3 is 15.2 Å². The summed E-state index contributed by atoms with van der Waals surface area (Å²) in [5, 5.41) is 0. The van der Waals surface area contributed by atoms with Gasteiger partial charge in [-0.05, 0) is 26.7 Å². The molecular weight excluding hydrogens is 268 g/mol. The molecule has 0 saturated carbocycles. The predicted octanol–water partition coefficient (Wildman–Crippen LogP) is 0.888. The molecule has 1 aliphatic rings. The molecule has 1 rings (SSSR count). The van der Waals surface area contributed by atoms with E-state index in [9.17, 15) is 28.7 Å². The maximum atomic E-state index is 11.3. The van der Waals surface area contributed by atoms with Gasteiger partial charge in [0.25, 0.3) is 0 Å². The van der Waals surface area contributed by atoms with Crippen molar-refractivity contribution in [3.05, 3.63) is 0 Å². The number of nitrogens with zero attached hydrogens (tertiary/aromatic N) is 1. The summed E-state index contributed by atoms with van der Waals surface area (Å²) in [5.74, 6) is 0. The summed E-state index contributed by atoms with van der Waals surface area (Å²) in [4.78, 5) is 38.0. The quantitative estimate of drug-likeness (QED) is 0.569. The molecular formula is C8H19NO6P2. The second-order valence-electron chi connectivity index (χ2n) is 4.60. The van der Waals surface area contributed by atoms with Crippen LogP contribution in [0.2, 0.25) is 0 Å². The first kappa shape index (κ1) is 15.3. The highest BCUT2D eigenvalue weighted by Crippen LogP contribution is 2.62. The first-order valence-electron chi connectivity index (χ1n) is 5.43. The standard InChI is InChI=1S/C8H19NO6P2/c1-6-4-3-5-7(2)9(6)8(16(10,11)12)17(13,14)15/h6-8H,3-5H2,1-2H3,(H2,10,11,12)(H2,13,14,15). The molecule has 0 bridgehead atoms. The van der Waals surface area contributed by atoms with Gasteiger partial charge in [-0.25, -0.2) is 0 Å². The predicted molar refractivity (Wildman–Crippen MR) is 62.5 cm³/mol. The van der Waals surface area contributed by atoms with Crippen LogP contribution in [0.3, 0.4) is 0 Å². The van der Waals surface area contributed by atoms with Crippen LogP contribution in [0.4, 0.5) is 0 Å². The zero-order valence-corrected chi connectivity index (χ0v) is 11.6. The highest BCUT2D eigenvalue weighted by atomic mass is 31.2. The first-order valence-corrected chi connectivity index (χ1v) is 8.79. The summed E-state index contributed by atoms with van der Waals surface area (Å²) in [6.45, 7) is 3.46. The topological polar surface area (TPSA) is 118 Å². The van der Waals surface area contributed by atoms with Crippen LogP contribution in [0.5, 0.6) is 0 Å². The smallest absolute Gasteiger partial charge is 0.323 e. The van der Waals surface area contributed by atoms with Gasteiger partial charge in [-0.3, -0.25) is 14.0 Å². The fraction of sp³-hybridized carbons (Fsp3) is 1.00. The Kier molecular flexibility index (Phi) is 4.59. The van der Waals surface area contributed by atoms with Crippen molar-refractivity contribution in [1.82, 2.24) is 4.90 Å². The number of hydrogen-bond donors (Lipinski definition) is 4. The van der Waals surface area contributed by atoms with Crippen molar-refractivity contribution in [3.8, 4) is 0 Å². The molecule has 0 aliphatic carbocycles. The lowest BCUT2D eigenvalue weighted by Crippen LogP contribution is -2.49. The van der Waals surface area contributed by atoms with Crippen molar-refractivity contribution in [2.75, 3.05) is 0 Å². The van der Waals surface area contributed by atoms with Gasteiger partial charge in [0.1, 0.15) is 0 Å². The minimum Gasteiger partial charge on any atom is -0.323 e. The van der Waals surface area contributed by atoms with Gasteiger partial charge in [0, 0.05) is 12.1 Å². The molecule has 1 aliphatic heterocycles. The van der Waals surface area contributed by atoms with E-state index < -0.39 is 20.7 Å². The van der Waals surface area contributed by atoms with E-state index in [1.165, 1.54) is 4.90 Å². The average molecular weight is 287 g/mol. The van der Waals surface area contributed by atoms with Crippen molar-refractivity contribution in [1.29, 1.82) is 0 Å². The lowest BCUT2D eigenvalue weighted by molar-refractivity contribution is 0.0922. The molecule has 0 aromatic heterocycles. The van der Waals surface area contributed by atoms with Crippen LogP contribution in [-0.4, -0.2) is 42.1 Å². The number of piperidine rings is 1. The first-order chi connectivity index (χ1) is 7.55. The van der Waals surface area contributed by atoms with Crippen LogP contribution in [0.15, 0.2) is 0 Å². The summed E-state index contributed by atoms with van der Waals surface area (Å²) < 4.78 is 22.7. The van der Waals surface area contributed by atoms with E-state index in [0.717, 1.165) is 6.42 Å². The maximum Gasteiger partial charge on any atom is 0.355 e. The molecule has 2 unspecified atom stereocenters. The third kappa shape index (κ3) is 3.61. The Morgan fingerprint density at radius 1 is 1.00 bits per heavy atom. The van der Waals surface area contributed by atoms with E-state index in [4.69, 9.17) is 0 Å². The molecule has 1 heterocycles. The summed E-state index contributed by atoms with van der Waals surface area (Å²) in [6, 6.07) is -0.493. The molecule has 7 nitrogen and oxygen atoms in total. The molecule has 102 valence electrons. The third-order valence-corrected chi connectivity index (χ3v) is 6.67. The van der Waals surface area contributed by atoms with Crippen molar-refractivity contribution in [2.24, 2.45) is 0 Å². The summed E-state index contributed by atoms with van der Waals surface area (Å²) >= 11 is 0. The molecule has 2 atom stereocenters. The van der Waals surface area contributed by atoms with Crippen LogP contribution < -0.4 is 0 Å². The maximum absolute atomic E-state index is 11.3. The second-order valence-corrected chi connectivity index (χ2v) is 8.34. The van der Waals surface area contributed by atoms with Crippen LogP contribution >= 0.6 is 15.2 Å². The Bertz CT molecular complexity index is 331. The normalized spacial score (nSPS) is 28.6. The fourth-order valence-corrected chi connectivity index (χ4v) is 5.61. The molecule has 17 heavy (non-hydrogen) atoms. The Labute approximate surface area is 100 Å². The van der Waals surface area contributed by atoms with Crippen LogP contribution in [0.1, 0.15) is 33.1 Å². The van der Waals surface area contributed by atoms with E-state index in [2.05, 4.69) is 0 Å². The van der Waals surface area contributed by atoms with E-state index in [1.54, 1.807) is 13.8 Å². The van der Waals surface area contributed by atoms with E-state index in [-0.39, 0.29) is 12.1 Å². The van der Waals surface area contributed by atoms with Gasteiger partial charge in [0.2, 0.25) is 5.52 Å². The van der Waals surface area contributed by atoms with Crippen molar-refractivity contribution in [3.63, 3.8) is 0 Å². The largest absolute Gasteiger partial charge is 0.355 e. The third-order valence-electron chi connectivity index (χ3n) is 3.13. The van der Waals surface area contributed by atoms with Gasteiger partial charge in [-0.1, -0.05) is 6.42 Å². The van der Waals surface area contributed by atoms with Crippen molar-refractivity contribution < 1.29 is 28.7 Å². The second kappa shape index (κ2) is 5.10.